The monoisotopic (exact) mass is 352 g/mol. The Morgan fingerprint density at radius 2 is 1.92 bits per heavy atom. The largest absolute Gasteiger partial charge is 0.378 e. The van der Waals surface area contributed by atoms with Crippen molar-refractivity contribution in [2.24, 2.45) is 0 Å². The zero-order chi connectivity index (χ0) is 17.2. The summed E-state index contributed by atoms with van der Waals surface area (Å²) in [7, 11) is -3.56. The van der Waals surface area contributed by atoms with E-state index in [2.05, 4.69) is 0 Å². The molecule has 2 aliphatic heterocycles. The molecule has 0 radical (unpaired) electrons. The van der Waals surface area contributed by atoms with E-state index in [4.69, 9.17) is 4.74 Å². The van der Waals surface area contributed by atoms with Gasteiger partial charge in [-0.2, -0.15) is 4.31 Å². The van der Waals surface area contributed by atoms with Crippen LogP contribution in [-0.4, -0.2) is 62.4 Å². The van der Waals surface area contributed by atoms with Crippen LogP contribution in [0.25, 0.3) is 0 Å². The number of piperidine rings is 1. The van der Waals surface area contributed by atoms with Gasteiger partial charge < -0.3 is 9.64 Å². The van der Waals surface area contributed by atoms with Gasteiger partial charge in [-0.05, 0) is 38.0 Å². The van der Waals surface area contributed by atoms with Crippen molar-refractivity contribution in [3.05, 3.63) is 29.8 Å². The van der Waals surface area contributed by atoms with Crippen LogP contribution in [0.1, 0.15) is 36.5 Å². The SMILES string of the molecule is CC1CCCCN1S(=O)(=O)c1cccc(C(=O)N2CCOCC2)c1. The second-order valence-electron chi connectivity index (χ2n) is 6.39. The molecule has 7 heteroatoms. The number of rotatable bonds is 3. The van der Waals surface area contributed by atoms with Gasteiger partial charge in [0.15, 0.2) is 0 Å². The van der Waals surface area contributed by atoms with E-state index in [1.807, 2.05) is 6.92 Å². The van der Waals surface area contributed by atoms with Gasteiger partial charge in [0.2, 0.25) is 10.0 Å². The first-order chi connectivity index (χ1) is 11.5. The lowest BCUT2D eigenvalue weighted by Crippen LogP contribution is -2.42. The molecule has 0 spiro atoms. The minimum absolute atomic E-state index is 0.00218. The summed E-state index contributed by atoms with van der Waals surface area (Å²) >= 11 is 0. The fraction of sp³-hybridized carbons (Fsp3) is 0.588. The fourth-order valence-corrected chi connectivity index (χ4v) is 5.05. The third-order valence-electron chi connectivity index (χ3n) is 4.73. The van der Waals surface area contributed by atoms with Crippen LogP contribution in [-0.2, 0) is 14.8 Å². The van der Waals surface area contributed by atoms with Gasteiger partial charge in [-0.1, -0.05) is 12.5 Å². The average Bonchev–Trinajstić information content (AvgIpc) is 2.62. The Kier molecular flexibility index (Phi) is 5.22. The molecule has 3 rings (SSSR count). The molecule has 1 atom stereocenters. The molecule has 24 heavy (non-hydrogen) atoms. The standard InChI is InChI=1S/C17H24N2O4S/c1-14-5-2-3-8-19(14)24(21,22)16-7-4-6-15(13-16)17(20)18-9-11-23-12-10-18/h4,6-7,13-14H,2-3,5,8-12H2,1H3. The molecule has 1 aromatic rings. The van der Waals surface area contributed by atoms with Gasteiger partial charge in [-0.25, -0.2) is 8.42 Å². The van der Waals surface area contributed by atoms with Crippen molar-refractivity contribution >= 4 is 15.9 Å². The van der Waals surface area contributed by atoms with Gasteiger partial charge in [0.1, 0.15) is 0 Å². The van der Waals surface area contributed by atoms with E-state index in [9.17, 15) is 13.2 Å². The van der Waals surface area contributed by atoms with E-state index in [0.29, 0.717) is 38.4 Å². The number of hydrogen-bond acceptors (Lipinski definition) is 4. The molecule has 2 heterocycles. The zero-order valence-corrected chi connectivity index (χ0v) is 14.8. The van der Waals surface area contributed by atoms with Crippen LogP contribution < -0.4 is 0 Å². The van der Waals surface area contributed by atoms with Crippen molar-refractivity contribution in [1.82, 2.24) is 9.21 Å². The van der Waals surface area contributed by atoms with Gasteiger partial charge >= 0.3 is 0 Å². The summed E-state index contributed by atoms with van der Waals surface area (Å²) < 4.78 is 32.7. The summed E-state index contributed by atoms with van der Waals surface area (Å²) in [5, 5.41) is 0. The second kappa shape index (κ2) is 7.21. The summed E-state index contributed by atoms with van der Waals surface area (Å²) in [6.45, 7) is 4.62. The Morgan fingerprint density at radius 3 is 2.62 bits per heavy atom. The lowest BCUT2D eigenvalue weighted by Gasteiger charge is -2.32. The van der Waals surface area contributed by atoms with Crippen LogP contribution >= 0.6 is 0 Å². The molecule has 2 saturated heterocycles. The van der Waals surface area contributed by atoms with Gasteiger partial charge in [0.05, 0.1) is 18.1 Å². The summed E-state index contributed by atoms with van der Waals surface area (Å²) in [5.41, 5.74) is 0.419. The first-order valence-electron chi connectivity index (χ1n) is 8.49. The summed E-state index contributed by atoms with van der Waals surface area (Å²) in [4.78, 5) is 14.5. The molecule has 6 nitrogen and oxygen atoms in total. The van der Waals surface area contributed by atoms with E-state index in [1.165, 1.54) is 6.07 Å². The van der Waals surface area contributed by atoms with Gasteiger partial charge in [-0.3, -0.25) is 4.79 Å². The molecule has 1 aromatic carbocycles. The number of carbonyl (C=O) groups is 1. The Bertz CT molecular complexity index is 698. The Morgan fingerprint density at radius 1 is 1.17 bits per heavy atom. The molecule has 0 bridgehead atoms. The molecular formula is C17H24N2O4S. The summed E-state index contributed by atoms with van der Waals surface area (Å²) in [5.74, 6) is -0.137. The minimum Gasteiger partial charge on any atom is -0.378 e. The number of carbonyl (C=O) groups excluding carboxylic acids is 1. The molecular weight excluding hydrogens is 328 g/mol. The first kappa shape index (κ1) is 17.4. The highest BCUT2D eigenvalue weighted by atomic mass is 32.2. The summed E-state index contributed by atoms with van der Waals surface area (Å²) in [6.07, 6.45) is 2.82. The van der Waals surface area contributed by atoms with Gasteiger partial charge in [0, 0.05) is 31.2 Å². The predicted octanol–water partition coefficient (Wildman–Crippen LogP) is 1.72. The minimum atomic E-state index is -3.56. The maximum Gasteiger partial charge on any atom is 0.254 e. The molecule has 2 fully saturated rings. The van der Waals surface area contributed by atoms with Crippen molar-refractivity contribution < 1.29 is 17.9 Å². The van der Waals surface area contributed by atoms with Crippen LogP contribution in [0.3, 0.4) is 0 Å². The lowest BCUT2D eigenvalue weighted by atomic mass is 10.1. The lowest BCUT2D eigenvalue weighted by molar-refractivity contribution is 0.0302. The number of morpholine rings is 1. The molecule has 1 unspecified atom stereocenters. The van der Waals surface area contributed by atoms with Crippen LogP contribution in [0.15, 0.2) is 29.2 Å². The number of sulfonamides is 1. The Hall–Kier alpha value is -1.44. The molecule has 0 aliphatic carbocycles. The van der Waals surface area contributed by atoms with E-state index >= 15 is 0 Å². The third-order valence-corrected chi connectivity index (χ3v) is 6.74. The van der Waals surface area contributed by atoms with Crippen molar-refractivity contribution in [2.45, 2.75) is 37.1 Å². The highest BCUT2D eigenvalue weighted by molar-refractivity contribution is 7.89. The molecule has 0 aromatic heterocycles. The molecule has 0 N–H and O–H groups in total. The van der Waals surface area contributed by atoms with E-state index < -0.39 is 10.0 Å². The predicted molar refractivity (Wildman–Crippen MR) is 90.4 cm³/mol. The zero-order valence-electron chi connectivity index (χ0n) is 14.0. The fourth-order valence-electron chi connectivity index (χ4n) is 3.30. The van der Waals surface area contributed by atoms with Crippen LogP contribution in [0, 0.1) is 0 Å². The molecule has 132 valence electrons. The van der Waals surface area contributed by atoms with Crippen LogP contribution in [0.4, 0.5) is 0 Å². The normalized spacial score (nSPS) is 23.2. The maximum absolute atomic E-state index is 12.9. The number of nitrogens with zero attached hydrogens (tertiary/aromatic N) is 2. The number of benzene rings is 1. The second-order valence-corrected chi connectivity index (χ2v) is 8.28. The van der Waals surface area contributed by atoms with E-state index in [-0.39, 0.29) is 16.8 Å². The molecule has 1 amide bonds. The van der Waals surface area contributed by atoms with E-state index in [1.54, 1.807) is 27.4 Å². The number of ether oxygens (including phenoxy) is 1. The quantitative estimate of drug-likeness (QED) is 0.831. The van der Waals surface area contributed by atoms with Crippen LogP contribution in [0.5, 0.6) is 0 Å². The number of amides is 1. The van der Waals surface area contributed by atoms with Gasteiger partial charge in [0.25, 0.3) is 5.91 Å². The van der Waals surface area contributed by atoms with Crippen molar-refractivity contribution in [2.75, 3.05) is 32.8 Å². The van der Waals surface area contributed by atoms with Crippen molar-refractivity contribution in [3.63, 3.8) is 0 Å². The number of hydrogen-bond donors (Lipinski definition) is 0. The van der Waals surface area contributed by atoms with Gasteiger partial charge in [-0.15, -0.1) is 0 Å². The van der Waals surface area contributed by atoms with Crippen molar-refractivity contribution in [3.8, 4) is 0 Å². The highest BCUT2D eigenvalue weighted by Gasteiger charge is 2.31. The van der Waals surface area contributed by atoms with E-state index in [0.717, 1.165) is 19.3 Å². The van der Waals surface area contributed by atoms with Crippen molar-refractivity contribution in [1.29, 1.82) is 0 Å². The highest BCUT2D eigenvalue weighted by Crippen LogP contribution is 2.25. The molecule has 0 saturated carbocycles. The smallest absolute Gasteiger partial charge is 0.254 e. The molecule has 2 aliphatic rings. The summed E-state index contributed by atoms with van der Waals surface area (Å²) in [6, 6.07) is 6.41. The maximum atomic E-state index is 12.9. The topological polar surface area (TPSA) is 66.9 Å². The first-order valence-corrected chi connectivity index (χ1v) is 9.93. The van der Waals surface area contributed by atoms with Crippen LogP contribution in [0.2, 0.25) is 0 Å². The Labute approximate surface area is 143 Å². The Balaban J connectivity index is 1.85. The third kappa shape index (κ3) is 3.48. The average molecular weight is 352 g/mol.